The lowest BCUT2D eigenvalue weighted by Gasteiger charge is -2.17. The molecule has 9 nitrogen and oxygen atoms in total. The highest BCUT2D eigenvalue weighted by atomic mass is 19.1. The molecule has 1 aliphatic carbocycles. The summed E-state index contributed by atoms with van der Waals surface area (Å²) in [6, 6.07) is 12.1. The number of benzene rings is 2. The zero-order valence-electron chi connectivity index (χ0n) is 21.2. The van der Waals surface area contributed by atoms with Crippen LogP contribution in [0.3, 0.4) is 0 Å². The number of hydrogen-bond acceptors (Lipinski definition) is 4. The van der Waals surface area contributed by atoms with Crippen LogP contribution in [0.2, 0.25) is 0 Å². The first-order valence-corrected chi connectivity index (χ1v) is 13.3. The van der Waals surface area contributed by atoms with Gasteiger partial charge in [-0.05, 0) is 42.7 Å². The Hall–Kier alpha value is -4.80. The largest absolute Gasteiger partial charge is 0.354 e. The summed E-state index contributed by atoms with van der Waals surface area (Å²) in [7, 11) is 0. The van der Waals surface area contributed by atoms with Crippen molar-refractivity contribution in [2.75, 3.05) is 0 Å². The molecule has 5 heterocycles. The summed E-state index contributed by atoms with van der Waals surface area (Å²) in [4.78, 5) is 21.6. The van der Waals surface area contributed by atoms with E-state index >= 15 is 4.39 Å². The quantitative estimate of drug-likeness (QED) is 0.278. The molecule has 1 saturated carbocycles. The van der Waals surface area contributed by atoms with Gasteiger partial charge in [0.15, 0.2) is 11.5 Å². The molecule has 1 aliphatic heterocycles. The monoisotopic (exact) mass is 538 g/mol. The van der Waals surface area contributed by atoms with Gasteiger partial charge < -0.3 is 14.9 Å². The smallest absolute Gasteiger partial charge is 0.273 e. The number of nitrogens with zero attached hydrogens (tertiary/aromatic N) is 5. The molecule has 1 unspecified atom stereocenters. The fraction of sp³-hybridized carbons (Fsp3) is 0.241. The summed E-state index contributed by atoms with van der Waals surface area (Å²) >= 11 is 0. The molecular formula is C29H24F2N8O. The number of aromatic amines is 2. The first-order chi connectivity index (χ1) is 19.5. The van der Waals surface area contributed by atoms with Gasteiger partial charge >= 0.3 is 0 Å². The van der Waals surface area contributed by atoms with E-state index in [-0.39, 0.29) is 30.4 Å². The third-order valence-electron chi connectivity index (χ3n) is 7.94. The van der Waals surface area contributed by atoms with E-state index in [1.54, 1.807) is 35.3 Å². The van der Waals surface area contributed by atoms with Crippen LogP contribution >= 0.6 is 0 Å². The maximum atomic E-state index is 15.8. The van der Waals surface area contributed by atoms with E-state index in [1.807, 2.05) is 35.1 Å². The molecule has 0 bridgehead atoms. The van der Waals surface area contributed by atoms with Crippen molar-refractivity contribution in [2.24, 2.45) is 0 Å². The fourth-order valence-electron chi connectivity index (χ4n) is 5.83. The predicted octanol–water partition coefficient (Wildman–Crippen LogP) is 4.99. The second-order valence-corrected chi connectivity index (χ2v) is 10.6. The van der Waals surface area contributed by atoms with Crippen molar-refractivity contribution >= 4 is 27.7 Å². The predicted molar refractivity (Wildman–Crippen MR) is 144 cm³/mol. The summed E-state index contributed by atoms with van der Waals surface area (Å²) in [5.74, 6) is -0.935. The van der Waals surface area contributed by atoms with Crippen LogP contribution < -0.4 is 5.32 Å². The number of rotatable bonds is 6. The number of H-pyrrole nitrogens is 2. The molecule has 6 aromatic rings. The van der Waals surface area contributed by atoms with E-state index in [1.165, 1.54) is 0 Å². The second kappa shape index (κ2) is 8.60. The fourth-order valence-corrected chi connectivity index (χ4v) is 5.83. The Labute approximate surface area is 226 Å². The van der Waals surface area contributed by atoms with E-state index in [2.05, 4.69) is 25.5 Å². The first-order valence-electron chi connectivity index (χ1n) is 13.3. The topological polar surface area (TPSA) is 109 Å². The molecular weight excluding hydrogens is 514 g/mol. The standard InChI is InChI=1S/C29H24F2N8O/c30-17-10-23-26(32-14-38(23)13-17)28(27-24(31)19-3-1-2-4-21(19)35-27)36-29(40)25-20-8-5-15(16-11-33-34-12-16)9-22(20)39(37-25)18-6-7-18/h1-5,8-9,11-12,14,17-18,28,35H,6-7,10,13H2,(H,33,34)(H,36,40)/t17-,28?/m1/s1. The summed E-state index contributed by atoms with van der Waals surface area (Å²) < 4.78 is 33.8. The van der Waals surface area contributed by atoms with E-state index in [0.717, 1.165) is 29.5 Å². The zero-order chi connectivity index (χ0) is 27.0. The lowest BCUT2D eigenvalue weighted by molar-refractivity contribution is 0.0937. The van der Waals surface area contributed by atoms with Gasteiger partial charge in [0, 0.05) is 40.2 Å². The van der Waals surface area contributed by atoms with Crippen LogP contribution in [0.5, 0.6) is 0 Å². The zero-order valence-corrected chi connectivity index (χ0v) is 21.2. The molecule has 0 saturated heterocycles. The van der Waals surface area contributed by atoms with Crippen LogP contribution in [0.1, 0.15) is 52.5 Å². The second-order valence-electron chi connectivity index (χ2n) is 10.6. The van der Waals surface area contributed by atoms with Gasteiger partial charge in [0.2, 0.25) is 0 Å². The Morgan fingerprint density at radius 2 is 2.00 bits per heavy atom. The highest BCUT2D eigenvalue weighted by molar-refractivity contribution is 6.06. The van der Waals surface area contributed by atoms with Crippen molar-refractivity contribution < 1.29 is 13.6 Å². The normalized spacial score (nSPS) is 17.5. The molecule has 200 valence electrons. The number of halogens is 2. The average Bonchev–Trinajstić information content (AvgIpc) is 3.37. The van der Waals surface area contributed by atoms with Crippen LogP contribution in [0.4, 0.5) is 8.78 Å². The maximum absolute atomic E-state index is 15.8. The van der Waals surface area contributed by atoms with Crippen molar-refractivity contribution in [3.05, 3.63) is 89.8 Å². The number of carbonyl (C=O) groups is 1. The number of nitrogens with one attached hydrogen (secondary N) is 3. The van der Waals surface area contributed by atoms with Crippen LogP contribution in [-0.4, -0.2) is 46.6 Å². The molecule has 4 aromatic heterocycles. The minimum absolute atomic E-state index is 0.152. The van der Waals surface area contributed by atoms with Gasteiger partial charge in [0.05, 0.1) is 42.0 Å². The number of aromatic nitrogens is 7. The van der Waals surface area contributed by atoms with Crippen molar-refractivity contribution in [1.82, 2.24) is 39.8 Å². The molecule has 0 spiro atoms. The van der Waals surface area contributed by atoms with Gasteiger partial charge in [-0.2, -0.15) is 10.2 Å². The van der Waals surface area contributed by atoms with E-state index < -0.39 is 23.9 Å². The highest BCUT2D eigenvalue weighted by Crippen LogP contribution is 2.39. The van der Waals surface area contributed by atoms with Crippen molar-refractivity contribution in [1.29, 1.82) is 0 Å². The number of para-hydroxylation sites is 1. The van der Waals surface area contributed by atoms with Gasteiger partial charge in [-0.15, -0.1) is 0 Å². The van der Waals surface area contributed by atoms with Gasteiger partial charge in [-0.1, -0.05) is 18.2 Å². The van der Waals surface area contributed by atoms with Gasteiger partial charge in [0.25, 0.3) is 5.91 Å². The van der Waals surface area contributed by atoms with Crippen LogP contribution in [0, 0.1) is 5.82 Å². The summed E-state index contributed by atoms with van der Waals surface area (Å²) in [5.41, 5.74) is 4.84. The van der Waals surface area contributed by atoms with Gasteiger partial charge in [-0.25, -0.2) is 13.8 Å². The molecule has 2 atom stereocenters. The Bertz CT molecular complexity index is 1910. The minimum Gasteiger partial charge on any atom is -0.354 e. The molecule has 8 rings (SSSR count). The Morgan fingerprint density at radius 1 is 1.12 bits per heavy atom. The van der Waals surface area contributed by atoms with E-state index in [4.69, 9.17) is 5.10 Å². The number of hydrogen-bond donors (Lipinski definition) is 3. The molecule has 0 radical (unpaired) electrons. The molecule has 1 fully saturated rings. The highest BCUT2D eigenvalue weighted by Gasteiger charge is 2.35. The van der Waals surface area contributed by atoms with E-state index in [9.17, 15) is 9.18 Å². The van der Waals surface area contributed by atoms with Crippen LogP contribution in [0.15, 0.2) is 61.2 Å². The van der Waals surface area contributed by atoms with Crippen LogP contribution in [0.25, 0.3) is 32.9 Å². The van der Waals surface area contributed by atoms with Crippen LogP contribution in [-0.2, 0) is 13.0 Å². The lowest BCUT2D eigenvalue weighted by atomic mass is 10.0. The maximum Gasteiger partial charge on any atom is 0.273 e. The third kappa shape index (κ3) is 3.57. The Kier molecular flexibility index (Phi) is 4.97. The first kappa shape index (κ1) is 23.1. The molecule has 40 heavy (non-hydrogen) atoms. The van der Waals surface area contributed by atoms with Crippen molar-refractivity contribution in [2.45, 2.75) is 44.1 Å². The van der Waals surface area contributed by atoms with Crippen molar-refractivity contribution in [3.8, 4) is 11.1 Å². The Morgan fingerprint density at radius 3 is 2.80 bits per heavy atom. The van der Waals surface area contributed by atoms with Gasteiger partial charge in [0.1, 0.15) is 12.2 Å². The summed E-state index contributed by atoms with van der Waals surface area (Å²) in [6.07, 6.45) is 6.19. The number of amides is 1. The number of carbonyl (C=O) groups excluding carboxylic acids is 1. The van der Waals surface area contributed by atoms with Gasteiger partial charge in [-0.3, -0.25) is 14.6 Å². The third-order valence-corrected chi connectivity index (χ3v) is 7.94. The molecule has 3 N–H and O–H groups in total. The molecule has 2 aliphatic rings. The molecule has 1 amide bonds. The minimum atomic E-state index is -1.05. The van der Waals surface area contributed by atoms with Crippen molar-refractivity contribution in [3.63, 3.8) is 0 Å². The Balaban J connectivity index is 1.23. The number of imidazole rings is 1. The number of fused-ring (bicyclic) bond motifs is 3. The van der Waals surface area contributed by atoms with E-state index in [0.29, 0.717) is 27.7 Å². The average molecular weight is 539 g/mol. The summed E-state index contributed by atoms with van der Waals surface area (Å²) in [6.45, 7) is 0.188. The molecule has 11 heteroatoms. The molecule has 2 aromatic carbocycles. The lowest BCUT2D eigenvalue weighted by Crippen LogP contribution is -2.31. The summed E-state index contributed by atoms with van der Waals surface area (Å²) in [5, 5.41) is 15.7. The number of alkyl halides is 1. The SMILES string of the molecule is O=C(NC(c1ncn2c1C[C@@H](F)C2)c1[nH]c2ccccc2c1F)c1nn(C2CC2)c2cc(-c3cn[nH]c3)ccc12.